The van der Waals surface area contributed by atoms with Crippen molar-refractivity contribution >= 4 is 29.2 Å². The van der Waals surface area contributed by atoms with Gasteiger partial charge in [0.25, 0.3) is 5.91 Å². The third kappa shape index (κ3) is 5.86. The van der Waals surface area contributed by atoms with Crippen molar-refractivity contribution in [1.29, 1.82) is 0 Å². The highest BCUT2D eigenvalue weighted by Gasteiger charge is 2.79. The summed E-state index contributed by atoms with van der Waals surface area (Å²) in [6.07, 6.45) is 7.49. The molecule has 2 bridgehead atoms. The molecule has 3 saturated heterocycles. The molecule has 1 aromatic carbocycles. The number of amides is 2. The zero-order chi connectivity index (χ0) is 31.2. The lowest BCUT2D eigenvalue weighted by Crippen LogP contribution is -2.56. The van der Waals surface area contributed by atoms with E-state index in [9.17, 15) is 19.5 Å². The van der Waals surface area contributed by atoms with Crippen molar-refractivity contribution < 1.29 is 29.0 Å². The van der Waals surface area contributed by atoms with Gasteiger partial charge in [-0.05, 0) is 83.1 Å². The number of rotatable bonds is 17. The maximum absolute atomic E-state index is 14.7. The number of ether oxygens (including phenoxy) is 2. The molecular weight excluding hydrogens is 546 g/mol. The Balaban J connectivity index is 1.73. The summed E-state index contributed by atoms with van der Waals surface area (Å²) in [4.78, 5) is 48.2. The molecule has 0 aliphatic carbocycles. The molecule has 236 valence electrons. The Bertz CT molecular complexity index is 1170. The standard InChI is InChI=1S/C34H49N3O6/c1-6-11-24-42-32(41)28-27-30(39)37(22-13-12-14-23-38)29(34(27)20-19-33(28,8-3)43-34)31(40)36(21-7-2)26-17-15-25(16-18-26)35(9-4)10-5/h6-7,15-18,27-29,38H,1-2,8-14,19-24H2,3-5H3/t27-,28-,29?,33+,34?/m0/s1. The molecule has 0 saturated carbocycles. The maximum atomic E-state index is 14.7. The maximum Gasteiger partial charge on any atom is 0.312 e. The Morgan fingerprint density at radius 2 is 1.77 bits per heavy atom. The molecule has 43 heavy (non-hydrogen) atoms. The van der Waals surface area contributed by atoms with Gasteiger partial charge >= 0.3 is 5.97 Å². The van der Waals surface area contributed by atoms with Crippen molar-refractivity contribution in [3.63, 3.8) is 0 Å². The molecule has 4 rings (SSSR count). The number of nitrogens with zero attached hydrogens (tertiary/aromatic N) is 3. The Kier molecular flexibility index (Phi) is 10.7. The molecule has 1 aromatic rings. The molecule has 9 nitrogen and oxygen atoms in total. The molecule has 2 amide bonds. The highest BCUT2D eigenvalue weighted by molar-refractivity contribution is 6.05. The number of carbonyl (C=O) groups excluding carboxylic acids is 3. The van der Waals surface area contributed by atoms with E-state index < -0.39 is 35.0 Å². The van der Waals surface area contributed by atoms with E-state index in [1.165, 1.54) is 0 Å². The van der Waals surface area contributed by atoms with Crippen molar-refractivity contribution in [3.05, 3.63) is 49.6 Å². The fourth-order valence-electron chi connectivity index (χ4n) is 7.53. The summed E-state index contributed by atoms with van der Waals surface area (Å²) in [5.41, 5.74) is -0.182. The normalized spacial score (nSPS) is 27.2. The highest BCUT2D eigenvalue weighted by Crippen LogP contribution is 2.64. The molecule has 1 N–H and O–H groups in total. The summed E-state index contributed by atoms with van der Waals surface area (Å²) in [7, 11) is 0. The van der Waals surface area contributed by atoms with E-state index in [1.807, 2.05) is 31.2 Å². The van der Waals surface area contributed by atoms with Gasteiger partial charge in [0.1, 0.15) is 17.6 Å². The van der Waals surface area contributed by atoms with Gasteiger partial charge in [0.15, 0.2) is 0 Å². The van der Waals surface area contributed by atoms with Crippen molar-refractivity contribution in [2.24, 2.45) is 11.8 Å². The van der Waals surface area contributed by atoms with Crippen LogP contribution in [0.25, 0.3) is 0 Å². The van der Waals surface area contributed by atoms with E-state index >= 15 is 0 Å². The monoisotopic (exact) mass is 595 g/mol. The summed E-state index contributed by atoms with van der Waals surface area (Å²) < 4.78 is 12.5. The van der Waals surface area contributed by atoms with Crippen molar-refractivity contribution in [2.75, 3.05) is 49.2 Å². The van der Waals surface area contributed by atoms with Gasteiger partial charge in [0, 0.05) is 44.2 Å². The summed E-state index contributed by atoms with van der Waals surface area (Å²) in [5.74, 6) is -2.46. The first-order valence-corrected chi connectivity index (χ1v) is 15.9. The Hall–Kier alpha value is -3.17. The predicted molar refractivity (Wildman–Crippen MR) is 168 cm³/mol. The number of unbranched alkanes of at least 4 members (excludes halogenated alkanes) is 2. The summed E-state index contributed by atoms with van der Waals surface area (Å²) in [6.45, 7) is 16.4. The lowest BCUT2D eigenvalue weighted by atomic mass is 9.65. The smallest absolute Gasteiger partial charge is 0.312 e. The van der Waals surface area contributed by atoms with Crippen LogP contribution in [-0.2, 0) is 23.9 Å². The number of benzene rings is 1. The van der Waals surface area contributed by atoms with E-state index in [4.69, 9.17) is 9.47 Å². The summed E-state index contributed by atoms with van der Waals surface area (Å²) >= 11 is 0. The highest BCUT2D eigenvalue weighted by atomic mass is 16.6. The van der Waals surface area contributed by atoms with Crippen LogP contribution in [0.3, 0.4) is 0 Å². The number of fused-ring (bicyclic) bond motifs is 1. The lowest BCUT2D eigenvalue weighted by Gasteiger charge is -2.37. The quantitative estimate of drug-likeness (QED) is 0.161. The Morgan fingerprint density at radius 3 is 2.37 bits per heavy atom. The molecule has 3 aliphatic rings. The Morgan fingerprint density at radius 1 is 1.07 bits per heavy atom. The Labute approximate surface area is 256 Å². The molecule has 5 atom stereocenters. The minimum atomic E-state index is -1.12. The molecule has 2 unspecified atom stereocenters. The van der Waals surface area contributed by atoms with Gasteiger partial charge in [-0.3, -0.25) is 14.4 Å². The number of carbonyl (C=O) groups is 3. The van der Waals surface area contributed by atoms with Gasteiger partial charge in [0.05, 0.1) is 18.1 Å². The molecule has 0 aromatic heterocycles. The molecule has 3 aliphatic heterocycles. The van der Waals surface area contributed by atoms with Crippen molar-refractivity contribution in [3.8, 4) is 0 Å². The average molecular weight is 596 g/mol. The van der Waals surface area contributed by atoms with Crippen LogP contribution in [0.5, 0.6) is 0 Å². The van der Waals surface area contributed by atoms with Crippen molar-refractivity contribution in [1.82, 2.24) is 4.90 Å². The fourth-order valence-corrected chi connectivity index (χ4v) is 7.53. The molecule has 1 spiro atoms. The minimum Gasteiger partial charge on any atom is -0.465 e. The van der Waals surface area contributed by atoms with Crippen molar-refractivity contribution in [2.45, 2.75) is 83.0 Å². The zero-order valence-electron chi connectivity index (χ0n) is 26.1. The molecule has 0 radical (unpaired) electrons. The van der Waals surface area contributed by atoms with Gasteiger partial charge in [-0.1, -0.05) is 19.1 Å². The average Bonchev–Trinajstić information content (AvgIpc) is 3.62. The summed E-state index contributed by atoms with van der Waals surface area (Å²) in [6, 6.07) is 7.01. The topological polar surface area (TPSA) is 99.6 Å². The van der Waals surface area contributed by atoms with Gasteiger partial charge in [-0.15, -0.1) is 13.2 Å². The minimum absolute atomic E-state index is 0.0697. The molecule has 3 heterocycles. The first-order valence-electron chi connectivity index (χ1n) is 15.9. The SMILES string of the molecule is C=CCCOC(=O)[C@@H]1[C@H]2C(=O)N(CCCCCO)C(C(=O)N(CC=C)c3ccc(N(CC)CC)cc3)C23CC[C@@]1(CC)O3. The number of hydrogen-bond acceptors (Lipinski definition) is 7. The second-order valence-corrected chi connectivity index (χ2v) is 11.8. The van der Waals surface area contributed by atoms with Crippen LogP contribution in [0.1, 0.15) is 65.7 Å². The number of anilines is 2. The van der Waals surface area contributed by atoms with E-state index in [-0.39, 0.29) is 31.6 Å². The second kappa shape index (κ2) is 14.1. The van der Waals surface area contributed by atoms with Crippen LogP contribution in [0.4, 0.5) is 11.4 Å². The first-order chi connectivity index (χ1) is 20.8. The number of aliphatic hydroxyl groups excluding tert-OH is 1. The van der Waals surface area contributed by atoms with Crippen LogP contribution in [0.2, 0.25) is 0 Å². The van der Waals surface area contributed by atoms with Crippen LogP contribution in [0, 0.1) is 11.8 Å². The van der Waals surface area contributed by atoms with Gasteiger partial charge < -0.3 is 29.3 Å². The third-order valence-corrected chi connectivity index (χ3v) is 9.66. The van der Waals surface area contributed by atoms with Crippen LogP contribution >= 0.6 is 0 Å². The number of aliphatic hydroxyl groups is 1. The van der Waals surface area contributed by atoms with Crippen LogP contribution < -0.4 is 9.80 Å². The van der Waals surface area contributed by atoms with Gasteiger partial charge in [-0.25, -0.2) is 0 Å². The van der Waals surface area contributed by atoms with E-state index in [2.05, 4.69) is 31.9 Å². The fraction of sp³-hybridized carbons (Fsp3) is 0.618. The zero-order valence-corrected chi connectivity index (χ0v) is 26.1. The van der Waals surface area contributed by atoms with Gasteiger partial charge in [0.2, 0.25) is 5.91 Å². The van der Waals surface area contributed by atoms with E-state index in [0.29, 0.717) is 50.8 Å². The molecule has 9 heteroatoms. The first kappa shape index (κ1) is 32.7. The van der Waals surface area contributed by atoms with E-state index in [1.54, 1.807) is 22.0 Å². The second-order valence-electron chi connectivity index (χ2n) is 11.8. The number of esters is 1. The molecule has 3 fully saturated rings. The molecular formula is C34H49N3O6. The summed E-state index contributed by atoms with van der Waals surface area (Å²) in [5, 5.41) is 9.32. The lowest BCUT2D eigenvalue weighted by molar-refractivity contribution is -0.160. The third-order valence-electron chi connectivity index (χ3n) is 9.66. The van der Waals surface area contributed by atoms with Gasteiger partial charge in [-0.2, -0.15) is 0 Å². The largest absolute Gasteiger partial charge is 0.465 e. The van der Waals surface area contributed by atoms with Crippen LogP contribution in [0.15, 0.2) is 49.6 Å². The van der Waals surface area contributed by atoms with E-state index in [0.717, 1.165) is 25.2 Å². The number of hydrogen-bond donors (Lipinski definition) is 1. The predicted octanol–water partition coefficient (Wildman–Crippen LogP) is 4.49. The number of likely N-dealkylation sites (tertiary alicyclic amines) is 1. The van der Waals surface area contributed by atoms with Crippen LogP contribution in [-0.4, -0.2) is 84.4 Å².